The number of rotatable bonds is 11. The SMILES string of the molecule is CCCNS(=O)(=O)c1ccc(CCC(=O)NCCSc2ncn[nH]2)cc1. The van der Waals surface area contributed by atoms with Crippen LogP contribution in [0.5, 0.6) is 0 Å². The summed E-state index contributed by atoms with van der Waals surface area (Å²) < 4.78 is 26.6. The summed E-state index contributed by atoms with van der Waals surface area (Å²) in [6.45, 7) is 2.87. The first-order chi connectivity index (χ1) is 12.5. The van der Waals surface area contributed by atoms with Crippen LogP contribution in [0.2, 0.25) is 0 Å². The lowest BCUT2D eigenvalue weighted by atomic mass is 10.1. The second kappa shape index (κ2) is 10.3. The molecule has 0 bridgehead atoms. The molecule has 0 fully saturated rings. The summed E-state index contributed by atoms with van der Waals surface area (Å²) in [5.41, 5.74) is 0.922. The van der Waals surface area contributed by atoms with E-state index in [-0.39, 0.29) is 10.8 Å². The summed E-state index contributed by atoms with van der Waals surface area (Å²) in [7, 11) is -3.45. The highest BCUT2D eigenvalue weighted by molar-refractivity contribution is 7.99. The van der Waals surface area contributed by atoms with Crippen molar-refractivity contribution in [3.05, 3.63) is 36.2 Å². The number of nitrogens with one attached hydrogen (secondary N) is 3. The molecule has 0 unspecified atom stereocenters. The Bertz CT molecular complexity index is 777. The molecular weight excluding hydrogens is 374 g/mol. The smallest absolute Gasteiger partial charge is 0.240 e. The van der Waals surface area contributed by atoms with Crippen molar-refractivity contribution in [1.82, 2.24) is 25.2 Å². The highest BCUT2D eigenvalue weighted by Gasteiger charge is 2.12. The average Bonchev–Trinajstić information content (AvgIpc) is 3.16. The van der Waals surface area contributed by atoms with E-state index < -0.39 is 10.0 Å². The van der Waals surface area contributed by atoms with Crippen molar-refractivity contribution in [2.24, 2.45) is 0 Å². The standard InChI is InChI=1S/C16H23N5O3S2/c1-2-9-20-26(23,24)14-6-3-13(4-7-14)5-8-15(22)17-10-11-25-16-18-12-19-21-16/h3-4,6-7,12,20H,2,5,8-11H2,1H3,(H,17,22)(H,18,19,21). The van der Waals surface area contributed by atoms with Crippen molar-refractivity contribution >= 4 is 27.7 Å². The van der Waals surface area contributed by atoms with E-state index in [0.29, 0.717) is 31.7 Å². The highest BCUT2D eigenvalue weighted by Crippen LogP contribution is 2.12. The summed E-state index contributed by atoms with van der Waals surface area (Å²) in [4.78, 5) is 16.1. The first-order valence-electron chi connectivity index (χ1n) is 8.34. The molecule has 10 heteroatoms. The van der Waals surface area contributed by atoms with Crippen molar-refractivity contribution in [3.8, 4) is 0 Å². The lowest BCUT2D eigenvalue weighted by molar-refractivity contribution is -0.120. The number of nitrogens with zero attached hydrogens (tertiary/aromatic N) is 2. The van der Waals surface area contributed by atoms with E-state index in [1.807, 2.05) is 6.92 Å². The second-order valence-corrected chi connectivity index (χ2v) is 8.38. The van der Waals surface area contributed by atoms with Crippen LogP contribution in [-0.2, 0) is 21.2 Å². The normalized spacial score (nSPS) is 11.4. The fourth-order valence-electron chi connectivity index (χ4n) is 2.10. The van der Waals surface area contributed by atoms with Crippen LogP contribution in [0.4, 0.5) is 0 Å². The predicted molar refractivity (Wildman–Crippen MR) is 100 cm³/mol. The first-order valence-corrected chi connectivity index (χ1v) is 10.8. The number of thioether (sulfide) groups is 1. The molecule has 0 saturated carbocycles. The number of hydrogen-bond acceptors (Lipinski definition) is 6. The zero-order chi connectivity index (χ0) is 18.8. The van der Waals surface area contributed by atoms with Crippen LogP contribution in [0.15, 0.2) is 40.6 Å². The highest BCUT2D eigenvalue weighted by atomic mass is 32.2. The van der Waals surface area contributed by atoms with Gasteiger partial charge in [0.25, 0.3) is 0 Å². The van der Waals surface area contributed by atoms with E-state index in [2.05, 4.69) is 25.2 Å². The molecule has 0 saturated heterocycles. The molecule has 1 amide bonds. The Morgan fingerprint density at radius 3 is 2.65 bits per heavy atom. The van der Waals surface area contributed by atoms with Crippen LogP contribution >= 0.6 is 11.8 Å². The minimum Gasteiger partial charge on any atom is -0.355 e. The quantitative estimate of drug-likeness (QED) is 0.389. The number of carbonyl (C=O) groups is 1. The van der Waals surface area contributed by atoms with E-state index >= 15 is 0 Å². The van der Waals surface area contributed by atoms with Gasteiger partial charge in [0.05, 0.1) is 4.90 Å². The number of hydrogen-bond donors (Lipinski definition) is 3. The minimum atomic E-state index is -3.45. The van der Waals surface area contributed by atoms with Gasteiger partial charge in [0.15, 0.2) is 5.16 Å². The number of benzene rings is 1. The third-order valence-corrected chi connectivity index (χ3v) is 5.83. The van der Waals surface area contributed by atoms with Crippen LogP contribution in [-0.4, -0.2) is 48.3 Å². The Kier molecular flexibility index (Phi) is 8.07. The molecule has 1 aromatic carbocycles. The van der Waals surface area contributed by atoms with Gasteiger partial charge in [0.1, 0.15) is 6.33 Å². The summed E-state index contributed by atoms with van der Waals surface area (Å²) in [6.07, 6.45) is 3.09. The van der Waals surface area contributed by atoms with E-state index in [4.69, 9.17) is 0 Å². The average molecular weight is 398 g/mol. The molecule has 8 nitrogen and oxygen atoms in total. The molecule has 2 rings (SSSR count). The van der Waals surface area contributed by atoms with Crippen LogP contribution in [0.3, 0.4) is 0 Å². The van der Waals surface area contributed by atoms with Crippen molar-refractivity contribution in [2.75, 3.05) is 18.8 Å². The lowest BCUT2D eigenvalue weighted by Crippen LogP contribution is -2.26. The van der Waals surface area contributed by atoms with Crippen molar-refractivity contribution in [2.45, 2.75) is 36.2 Å². The number of H-pyrrole nitrogens is 1. The maximum absolute atomic E-state index is 12.0. The Morgan fingerprint density at radius 1 is 1.23 bits per heavy atom. The molecule has 1 aromatic heterocycles. The Labute approximate surface area is 157 Å². The summed E-state index contributed by atoms with van der Waals surface area (Å²) in [5, 5.41) is 10.1. The van der Waals surface area contributed by atoms with Gasteiger partial charge in [0.2, 0.25) is 15.9 Å². The van der Waals surface area contributed by atoms with E-state index in [9.17, 15) is 13.2 Å². The number of aromatic amines is 1. The van der Waals surface area contributed by atoms with Gasteiger partial charge >= 0.3 is 0 Å². The fourth-order valence-corrected chi connectivity index (χ4v) is 3.87. The van der Waals surface area contributed by atoms with Gasteiger partial charge in [-0.25, -0.2) is 18.1 Å². The van der Waals surface area contributed by atoms with Crippen LogP contribution in [0.25, 0.3) is 0 Å². The summed E-state index contributed by atoms with van der Waals surface area (Å²) >= 11 is 1.49. The minimum absolute atomic E-state index is 0.0375. The number of aryl methyl sites for hydroxylation is 1. The van der Waals surface area contributed by atoms with E-state index in [1.54, 1.807) is 24.3 Å². The molecular formula is C16H23N5O3S2. The van der Waals surface area contributed by atoms with Crippen molar-refractivity contribution < 1.29 is 13.2 Å². The molecule has 0 aliphatic rings. The summed E-state index contributed by atoms with van der Waals surface area (Å²) in [5.74, 6) is 0.669. The zero-order valence-electron chi connectivity index (χ0n) is 14.6. The maximum Gasteiger partial charge on any atom is 0.240 e. The van der Waals surface area contributed by atoms with E-state index in [1.165, 1.54) is 18.1 Å². The molecule has 0 aliphatic heterocycles. The van der Waals surface area contributed by atoms with Gasteiger partial charge in [0, 0.05) is 25.3 Å². The van der Waals surface area contributed by atoms with Gasteiger partial charge in [-0.2, -0.15) is 5.10 Å². The van der Waals surface area contributed by atoms with Crippen LogP contribution in [0, 0.1) is 0 Å². The van der Waals surface area contributed by atoms with Crippen LogP contribution in [0.1, 0.15) is 25.3 Å². The first kappa shape index (κ1) is 20.4. The molecule has 3 N–H and O–H groups in total. The number of amides is 1. The Hall–Kier alpha value is -1.91. The Balaban J connectivity index is 1.70. The molecule has 142 valence electrons. The van der Waals surface area contributed by atoms with Crippen molar-refractivity contribution in [3.63, 3.8) is 0 Å². The predicted octanol–water partition coefficient (Wildman–Crippen LogP) is 1.33. The molecule has 0 radical (unpaired) electrons. The van der Waals surface area contributed by atoms with Gasteiger partial charge in [-0.05, 0) is 30.5 Å². The third kappa shape index (κ3) is 6.77. The zero-order valence-corrected chi connectivity index (χ0v) is 16.2. The maximum atomic E-state index is 12.0. The van der Waals surface area contributed by atoms with Gasteiger partial charge in [-0.15, -0.1) is 0 Å². The third-order valence-electron chi connectivity index (χ3n) is 3.47. The van der Waals surface area contributed by atoms with Crippen LogP contribution < -0.4 is 10.0 Å². The molecule has 26 heavy (non-hydrogen) atoms. The molecule has 0 spiro atoms. The second-order valence-electron chi connectivity index (χ2n) is 5.53. The molecule has 2 aromatic rings. The molecule has 1 heterocycles. The molecule has 0 aliphatic carbocycles. The monoisotopic (exact) mass is 397 g/mol. The van der Waals surface area contributed by atoms with Crippen molar-refractivity contribution in [1.29, 1.82) is 0 Å². The van der Waals surface area contributed by atoms with Gasteiger partial charge in [-0.3, -0.25) is 9.89 Å². The van der Waals surface area contributed by atoms with Gasteiger partial charge < -0.3 is 5.32 Å². The van der Waals surface area contributed by atoms with E-state index in [0.717, 1.165) is 17.1 Å². The number of carbonyl (C=O) groups excluding carboxylic acids is 1. The molecule has 0 atom stereocenters. The van der Waals surface area contributed by atoms with Gasteiger partial charge in [-0.1, -0.05) is 30.8 Å². The largest absolute Gasteiger partial charge is 0.355 e. The Morgan fingerprint density at radius 2 is 2.00 bits per heavy atom. The lowest BCUT2D eigenvalue weighted by Gasteiger charge is -2.07. The number of sulfonamides is 1. The summed E-state index contributed by atoms with van der Waals surface area (Å²) in [6, 6.07) is 6.62. The number of aromatic nitrogens is 3. The topological polar surface area (TPSA) is 117 Å². The fraction of sp³-hybridized carbons (Fsp3) is 0.438.